The molecule has 27 heavy (non-hydrogen) atoms. The number of thiocarbonyl (C=S) groups is 1. The van der Waals surface area contributed by atoms with E-state index in [9.17, 15) is 4.79 Å². The molecule has 1 unspecified atom stereocenters. The van der Waals surface area contributed by atoms with Crippen LogP contribution in [0, 0.1) is 6.92 Å². The first-order valence-corrected chi connectivity index (χ1v) is 9.24. The van der Waals surface area contributed by atoms with Gasteiger partial charge in [-0.1, -0.05) is 12.1 Å². The van der Waals surface area contributed by atoms with E-state index in [1.807, 2.05) is 43.3 Å². The largest absolute Gasteiger partial charge is 0.378 e. The molecule has 1 spiro atoms. The Morgan fingerprint density at radius 3 is 2.70 bits per heavy atom. The zero-order valence-corrected chi connectivity index (χ0v) is 16.4. The summed E-state index contributed by atoms with van der Waals surface area (Å²) in [5, 5.41) is 14.2. The number of carbonyl (C=O) groups excluding carboxylic acids is 1. The van der Waals surface area contributed by atoms with E-state index in [-0.39, 0.29) is 11.0 Å². The van der Waals surface area contributed by atoms with E-state index in [2.05, 4.69) is 31.6 Å². The van der Waals surface area contributed by atoms with E-state index < -0.39 is 4.99 Å². The van der Waals surface area contributed by atoms with Crippen molar-refractivity contribution >= 4 is 46.9 Å². The van der Waals surface area contributed by atoms with E-state index in [1.54, 1.807) is 17.8 Å². The fraction of sp³-hybridized carbons (Fsp3) is 0.267. The zero-order chi connectivity index (χ0) is 19.2. The molecular weight excluding hydrogens is 386 g/mol. The van der Waals surface area contributed by atoms with Crippen molar-refractivity contribution in [2.45, 2.75) is 17.1 Å². The number of hydrazone groups is 1. The standard InChI is InChI=1S/C15H17N9OS2/c1-9-17-19-14-23(9)21-15(27-14)12(25)24(13(26)18-20-15)16-8-10-4-6-11(7-5-10)22(2)3/h4-8,20-21H,1-3H3,(H,18,26)/b16-8+. The Bertz CT molecular complexity index is 939. The topological polar surface area (TPSA) is 103 Å². The second kappa shape index (κ2) is 6.48. The van der Waals surface area contributed by atoms with Gasteiger partial charge in [0, 0.05) is 19.8 Å². The molecule has 0 radical (unpaired) electrons. The molecule has 10 nitrogen and oxygen atoms in total. The number of carbonyl (C=O) groups is 1. The Labute approximate surface area is 164 Å². The van der Waals surface area contributed by atoms with Crippen molar-refractivity contribution in [2.75, 3.05) is 24.4 Å². The van der Waals surface area contributed by atoms with Crippen LogP contribution < -0.4 is 21.2 Å². The van der Waals surface area contributed by atoms with Gasteiger partial charge in [-0.25, -0.2) is 4.68 Å². The van der Waals surface area contributed by atoms with Gasteiger partial charge in [-0.05, 0) is 48.6 Å². The molecule has 1 aromatic heterocycles. The Morgan fingerprint density at radius 2 is 2.04 bits per heavy atom. The number of benzene rings is 1. The lowest BCUT2D eigenvalue weighted by Crippen LogP contribution is -2.71. The molecule has 2 aliphatic heterocycles. The smallest absolute Gasteiger partial charge is 0.304 e. The van der Waals surface area contributed by atoms with E-state index in [0.29, 0.717) is 11.0 Å². The number of nitrogens with one attached hydrogen (secondary N) is 3. The fourth-order valence-corrected chi connectivity index (χ4v) is 3.80. The van der Waals surface area contributed by atoms with Gasteiger partial charge in [0.15, 0.2) is 0 Å². The van der Waals surface area contributed by atoms with Gasteiger partial charge in [-0.15, -0.1) is 10.2 Å². The molecule has 3 N–H and O–H groups in total. The summed E-state index contributed by atoms with van der Waals surface area (Å²) in [6.45, 7) is 1.79. The number of aryl methyl sites for hydroxylation is 1. The Kier molecular flexibility index (Phi) is 4.25. The quantitative estimate of drug-likeness (QED) is 0.490. The second-order valence-electron chi connectivity index (χ2n) is 6.16. The van der Waals surface area contributed by atoms with Crippen LogP contribution in [0.5, 0.6) is 0 Å². The third kappa shape index (κ3) is 3.01. The summed E-state index contributed by atoms with van der Waals surface area (Å²) in [6.07, 6.45) is 1.59. The van der Waals surface area contributed by atoms with Gasteiger partial charge in [-0.2, -0.15) is 15.5 Å². The number of aromatic nitrogens is 3. The summed E-state index contributed by atoms with van der Waals surface area (Å²) in [7, 11) is 3.95. The Balaban J connectivity index is 1.55. The highest BCUT2D eigenvalue weighted by atomic mass is 32.2. The number of anilines is 1. The summed E-state index contributed by atoms with van der Waals surface area (Å²) >= 11 is 6.42. The number of hydrazine groups is 1. The van der Waals surface area contributed by atoms with Crippen LogP contribution in [-0.4, -0.2) is 56.2 Å². The molecular formula is C15H17N9OS2. The lowest BCUT2D eigenvalue weighted by Gasteiger charge is -2.37. The van der Waals surface area contributed by atoms with Crippen LogP contribution >= 0.6 is 24.0 Å². The maximum absolute atomic E-state index is 13.1. The molecule has 0 bridgehead atoms. The summed E-state index contributed by atoms with van der Waals surface area (Å²) in [5.41, 5.74) is 10.7. The van der Waals surface area contributed by atoms with Gasteiger partial charge in [0.2, 0.25) is 10.3 Å². The first-order valence-electron chi connectivity index (χ1n) is 8.02. The van der Waals surface area contributed by atoms with Crippen LogP contribution in [0.4, 0.5) is 5.69 Å². The van der Waals surface area contributed by atoms with E-state index in [4.69, 9.17) is 12.2 Å². The minimum absolute atomic E-state index is 0.161. The van der Waals surface area contributed by atoms with Crippen LogP contribution in [0.3, 0.4) is 0 Å². The summed E-state index contributed by atoms with van der Waals surface area (Å²) in [4.78, 5) is 13.9. The van der Waals surface area contributed by atoms with Gasteiger partial charge in [0.25, 0.3) is 4.99 Å². The van der Waals surface area contributed by atoms with E-state index in [1.165, 1.54) is 11.8 Å². The average molecular weight is 403 g/mol. The lowest BCUT2D eigenvalue weighted by molar-refractivity contribution is -0.131. The first kappa shape index (κ1) is 17.7. The third-order valence-electron chi connectivity index (χ3n) is 4.07. The molecule has 1 saturated heterocycles. The molecule has 1 amide bonds. The van der Waals surface area contributed by atoms with Gasteiger partial charge in [0.05, 0.1) is 6.21 Å². The Hall–Kier alpha value is -2.70. The van der Waals surface area contributed by atoms with Crippen molar-refractivity contribution in [2.24, 2.45) is 5.10 Å². The molecule has 1 atom stereocenters. The van der Waals surface area contributed by atoms with Crippen LogP contribution in [0.15, 0.2) is 34.5 Å². The minimum Gasteiger partial charge on any atom is -0.378 e. The fourth-order valence-electron chi connectivity index (χ4n) is 2.58. The summed E-state index contributed by atoms with van der Waals surface area (Å²) < 4.78 is 1.65. The molecule has 140 valence electrons. The first-order chi connectivity index (χ1) is 12.9. The Morgan fingerprint density at radius 1 is 1.30 bits per heavy atom. The molecule has 12 heteroatoms. The van der Waals surface area contributed by atoms with Crippen molar-refractivity contribution < 1.29 is 4.79 Å². The van der Waals surface area contributed by atoms with Crippen molar-refractivity contribution in [1.29, 1.82) is 0 Å². The number of thioether (sulfide) groups is 1. The minimum atomic E-state index is -1.20. The number of nitrogens with zero attached hydrogens (tertiary/aromatic N) is 6. The molecule has 2 aromatic rings. The number of rotatable bonds is 3. The maximum atomic E-state index is 13.1. The van der Waals surface area contributed by atoms with Crippen LogP contribution in [-0.2, 0) is 4.79 Å². The highest BCUT2D eigenvalue weighted by Crippen LogP contribution is 2.37. The van der Waals surface area contributed by atoms with Gasteiger partial charge in [0.1, 0.15) is 5.82 Å². The lowest BCUT2D eigenvalue weighted by atomic mass is 10.2. The maximum Gasteiger partial charge on any atom is 0.304 e. The van der Waals surface area contributed by atoms with Crippen LogP contribution in [0.1, 0.15) is 11.4 Å². The normalized spacial score (nSPS) is 21.5. The second-order valence-corrected chi connectivity index (χ2v) is 7.73. The molecule has 2 aliphatic rings. The zero-order valence-electron chi connectivity index (χ0n) is 14.8. The third-order valence-corrected chi connectivity index (χ3v) is 5.47. The molecule has 1 aromatic carbocycles. The van der Waals surface area contributed by atoms with Gasteiger partial charge in [-0.3, -0.25) is 15.6 Å². The highest BCUT2D eigenvalue weighted by molar-refractivity contribution is 8.01. The predicted octanol–water partition coefficient (Wildman–Crippen LogP) is 0.211. The summed E-state index contributed by atoms with van der Waals surface area (Å²) in [6, 6.07) is 7.79. The van der Waals surface area contributed by atoms with Gasteiger partial charge < -0.3 is 4.90 Å². The monoisotopic (exact) mass is 403 g/mol. The van der Waals surface area contributed by atoms with E-state index in [0.717, 1.165) is 16.3 Å². The number of fused-ring (bicyclic) bond motifs is 1. The van der Waals surface area contributed by atoms with Crippen molar-refractivity contribution in [1.82, 2.24) is 30.7 Å². The molecule has 4 rings (SSSR count). The molecule has 1 fully saturated rings. The van der Waals surface area contributed by atoms with E-state index >= 15 is 0 Å². The predicted molar refractivity (Wildman–Crippen MR) is 107 cm³/mol. The molecule has 3 heterocycles. The van der Waals surface area contributed by atoms with Crippen LogP contribution in [0.2, 0.25) is 0 Å². The van der Waals surface area contributed by atoms with Gasteiger partial charge >= 0.3 is 5.91 Å². The van der Waals surface area contributed by atoms with Crippen molar-refractivity contribution in [3.63, 3.8) is 0 Å². The molecule has 0 aliphatic carbocycles. The average Bonchev–Trinajstić information content (AvgIpc) is 3.18. The van der Waals surface area contributed by atoms with Crippen molar-refractivity contribution in [3.05, 3.63) is 35.7 Å². The number of hydrogen-bond donors (Lipinski definition) is 3. The number of amides is 1. The molecule has 0 saturated carbocycles. The van der Waals surface area contributed by atoms with Crippen molar-refractivity contribution in [3.8, 4) is 0 Å². The van der Waals surface area contributed by atoms with Crippen LogP contribution in [0.25, 0.3) is 0 Å². The summed E-state index contributed by atoms with van der Waals surface area (Å²) in [5.74, 6) is 0.287. The highest BCUT2D eigenvalue weighted by Gasteiger charge is 2.53. The SMILES string of the molecule is Cc1nnc2n1NC1(NNC(=S)N(/N=C/c3ccc(N(C)C)cc3)C1=O)S2. The number of hydrogen-bond acceptors (Lipinski definition) is 9.